The first-order valence-electron chi connectivity index (χ1n) is 6.47. The third-order valence-corrected chi connectivity index (χ3v) is 3.43. The van der Waals surface area contributed by atoms with Crippen LogP contribution in [0.1, 0.15) is 11.5 Å². The topological polar surface area (TPSA) is 47.0 Å². The van der Waals surface area contributed by atoms with E-state index in [2.05, 4.69) is 31.2 Å². The number of nitrogens with one attached hydrogen (secondary N) is 1. The standard InChI is InChI=1S/C15H18BrN3O/c1-10-8-13(19-15(18-10)6-7-17-2)12-9-11(16)4-5-14(12)20-3/h4-5,8-9,17H,6-7H2,1-3H3. The van der Waals surface area contributed by atoms with Crippen LogP contribution < -0.4 is 10.1 Å². The lowest BCUT2D eigenvalue weighted by Crippen LogP contribution is -2.13. The van der Waals surface area contributed by atoms with E-state index in [1.807, 2.05) is 38.2 Å². The van der Waals surface area contributed by atoms with Crippen molar-refractivity contribution in [2.24, 2.45) is 0 Å². The van der Waals surface area contributed by atoms with Gasteiger partial charge in [-0.2, -0.15) is 0 Å². The van der Waals surface area contributed by atoms with Crippen LogP contribution in [0.5, 0.6) is 5.75 Å². The molecule has 0 radical (unpaired) electrons. The van der Waals surface area contributed by atoms with E-state index in [1.165, 1.54) is 0 Å². The highest BCUT2D eigenvalue weighted by atomic mass is 79.9. The Morgan fingerprint density at radius 2 is 2.05 bits per heavy atom. The molecule has 0 atom stereocenters. The van der Waals surface area contributed by atoms with Gasteiger partial charge < -0.3 is 10.1 Å². The van der Waals surface area contributed by atoms with Crippen LogP contribution >= 0.6 is 15.9 Å². The molecule has 2 aromatic rings. The van der Waals surface area contributed by atoms with Gasteiger partial charge in [-0.1, -0.05) is 15.9 Å². The fraction of sp³-hybridized carbons (Fsp3) is 0.333. The second-order valence-electron chi connectivity index (χ2n) is 4.51. The summed E-state index contributed by atoms with van der Waals surface area (Å²) in [6, 6.07) is 7.89. The van der Waals surface area contributed by atoms with Gasteiger partial charge in [0.2, 0.25) is 0 Å². The first-order chi connectivity index (χ1) is 9.63. The molecule has 1 aromatic carbocycles. The van der Waals surface area contributed by atoms with Gasteiger partial charge in [0, 0.05) is 28.7 Å². The Hall–Kier alpha value is -1.46. The molecule has 1 N–H and O–H groups in total. The molecule has 0 saturated heterocycles. The van der Waals surface area contributed by atoms with Crippen molar-refractivity contribution in [3.63, 3.8) is 0 Å². The lowest BCUT2D eigenvalue weighted by atomic mass is 10.1. The SMILES string of the molecule is CNCCc1nc(C)cc(-c2cc(Br)ccc2OC)n1. The third-order valence-electron chi connectivity index (χ3n) is 2.94. The second kappa shape index (κ2) is 6.81. The average molecular weight is 336 g/mol. The number of methoxy groups -OCH3 is 1. The fourth-order valence-electron chi connectivity index (χ4n) is 2.00. The molecule has 106 valence electrons. The van der Waals surface area contributed by atoms with Crippen molar-refractivity contribution in [2.45, 2.75) is 13.3 Å². The fourth-order valence-corrected chi connectivity index (χ4v) is 2.36. The predicted octanol–water partition coefficient (Wildman–Crippen LogP) is 2.99. The van der Waals surface area contributed by atoms with Crippen LogP contribution in [-0.4, -0.2) is 30.7 Å². The number of hydrogen-bond donors (Lipinski definition) is 1. The number of benzene rings is 1. The number of aromatic nitrogens is 2. The van der Waals surface area contributed by atoms with Gasteiger partial charge in [0.15, 0.2) is 0 Å². The van der Waals surface area contributed by atoms with E-state index in [-0.39, 0.29) is 0 Å². The van der Waals surface area contributed by atoms with Crippen LogP contribution in [0.15, 0.2) is 28.7 Å². The van der Waals surface area contributed by atoms with Gasteiger partial charge in [-0.3, -0.25) is 0 Å². The largest absolute Gasteiger partial charge is 0.496 e. The lowest BCUT2D eigenvalue weighted by molar-refractivity contribution is 0.416. The normalized spacial score (nSPS) is 10.6. The van der Waals surface area contributed by atoms with Gasteiger partial charge in [0.1, 0.15) is 11.6 Å². The number of ether oxygens (including phenoxy) is 1. The Kier molecular flexibility index (Phi) is 5.09. The van der Waals surface area contributed by atoms with Gasteiger partial charge in [-0.05, 0) is 38.2 Å². The van der Waals surface area contributed by atoms with E-state index in [4.69, 9.17) is 4.74 Å². The zero-order valence-electron chi connectivity index (χ0n) is 11.9. The van der Waals surface area contributed by atoms with E-state index in [0.717, 1.165) is 46.0 Å². The van der Waals surface area contributed by atoms with Gasteiger partial charge in [-0.25, -0.2) is 9.97 Å². The van der Waals surface area contributed by atoms with E-state index >= 15 is 0 Å². The van der Waals surface area contributed by atoms with Crippen molar-refractivity contribution >= 4 is 15.9 Å². The van der Waals surface area contributed by atoms with Crippen LogP contribution in [0, 0.1) is 6.92 Å². The molecule has 0 spiro atoms. The molecule has 1 aromatic heterocycles. The summed E-state index contributed by atoms with van der Waals surface area (Å²) in [4.78, 5) is 9.11. The monoisotopic (exact) mass is 335 g/mol. The molecule has 1 heterocycles. The summed E-state index contributed by atoms with van der Waals surface area (Å²) in [6.45, 7) is 2.84. The number of aryl methyl sites for hydroxylation is 1. The van der Waals surface area contributed by atoms with E-state index < -0.39 is 0 Å². The van der Waals surface area contributed by atoms with Crippen molar-refractivity contribution in [1.82, 2.24) is 15.3 Å². The first kappa shape index (κ1) is 14.9. The molecule has 0 amide bonds. The Balaban J connectivity index is 2.46. The van der Waals surface area contributed by atoms with Crippen LogP contribution in [0.4, 0.5) is 0 Å². The summed E-state index contributed by atoms with van der Waals surface area (Å²) in [5, 5.41) is 3.11. The summed E-state index contributed by atoms with van der Waals surface area (Å²) >= 11 is 3.49. The van der Waals surface area contributed by atoms with Crippen molar-refractivity contribution in [3.8, 4) is 17.0 Å². The molecule has 5 heteroatoms. The highest BCUT2D eigenvalue weighted by Crippen LogP contribution is 2.31. The Bertz CT molecular complexity index is 602. The van der Waals surface area contributed by atoms with Crippen LogP contribution in [0.3, 0.4) is 0 Å². The molecule has 20 heavy (non-hydrogen) atoms. The molecular formula is C15H18BrN3O. The van der Waals surface area contributed by atoms with Gasteiger partial charge in [-0.15, -0.1) is 0 Å². The number of nitrogens with zero attached hydrogens (tertiary/aromatic N) is 2. The number of rotatable bonds is 5. The summed E-state index contributed by atoms with van der Waals surface area (Å²) in [5.74, 6) is 1.65. The molecular weight excluding hydrogens is 318 g/mol. The van der Waals surface area contributed by atoms with Crippen molar-refractivity contribution < 1.29 is 4.74 Å². The van der Waals surface area contributed by atoms with Crippen LogP contribution in [0.2, 0.25) is 0 Å². The lowest BCUT2D eigenvalue weighted by Gasteiger charge is -2.10. The highest BCUT2D eigenvalue weighted by molar-refractivity contribution is 9.10. The molecule has 4 nitrogen and oxygen atoms in total. The zero-order chi connectivity index (χ0) is 14.5. The Morgan fingerprint density at radius 1 is 1.25 bits per heavy atom. The van der Waals surface area contributed by atoms with E-state index in [0.29, 0.717) is 0 Å². The highest BCUT2D eigenvalue weighted by Gasteiger charge is 2.10. The quantitative estimate of drug-likeness (QED) is 0.912. The average Bonchev–Trinajstić information content (AvgIpc) is 2.44. The maximum absolute atomic E-state index is 5.42. The smallest absolute Gasteiger partial charge is 0.130 e. The van der Waals surface area contributed by atoms with Crippen molar-refractivity contribution in [3.05, 3.63) is 40.3 Å². The van der Waals surface area contributed by atoms with Crippen LogP contribution in [-0.2, 0) is 6.42 Å². The maximum Gasteiger partial charge on any atom is 0.130 e. The molecule has 0 aliphatic rings. The number of halogens is 1. The van der Waals surface area contributed by atoms with Crippen molar-refractivity contribution in [2.75, 3.05) is 20.7 Å². The summed E-state index contributed by atoms with van der Waals surface area (Å²) in [7, 11) is 3.59. The molecule has 0 aliphatic heterocycles. The van der Waals surface area contributed by atoms with Crippen LogP contribution in [0.25, 0.3) is 11.3 Å². The second-order valence-corrected chi connectivity index (χ2v) is 5.42. The molecule has 0 aliphatic carbocycles. The summed E-state index contributed by atoms with van der Waals surface area (Å²) in [6.07, 6.45) is 0.807. The predicted molar refractivity (Wildman–Crippen MR) is 84.1 cm³/mol. The summed E-state index contributed by atoms with van der Waals surface area (Å²) in [5.41, 5.74) is 2.82. The minimum absolute atomic E-state index is 0.807. The van der Waals surface area contributed by atoms with Gasteiger partial charge in [0.25, 0.3) is 0 Å². The molecule has 0 bridgehead atoms. The molecule has 2 rings (SSSR count). The minimum atomic E-state index is 0.807. The zero-order valence-corrected chi connectivity index (χ0v) is 13.5. The molecule has 0 fully saturated rings. The number of likely N-dealkylation sites (N-methyl/N-ethyl adjacent to an activating group) is 1. The Morgan fingerprint density at radius 3 is 2.75 bits per heavy atom. The summed E-state index contributed by atoms with van der Waals surface area (Å²) < 4.78 is 6.42. The molecule has 0 saturated carbocycles. The Labute approximate surface area is 127 Å². The number of hydrogen-bond acceptors (Lipinski definition) is 4. The van der Waals surface area contributed by atoms with Gasteiger partial charge in [0.05, 0.1) is 12.8 Å². The third kappa shape index (κ3) is 3.55. The minimum Gasteiger partial charge on any atom is -0.496 e. The van der Waals surface area contributed by atoms with Gasteiger partial charge >= 0.3 is 0 Å². The van der Waals surface area contributed by atoms with E-state index in [9.17, 15) is 0 Å². The van der Waals surface area contributed by atoms with Crippen molar-refractivity contribution in [1.29, 1.82) is 0 Å². The van der Waals surface area contributed by atoms with E-state index in [1.54, 1.807) is 7.11 Å². The maximum atomic E-state index is 5.42. The molecule has 0 unspecified atom stereocenters. The first-order valence-corrected chi connectivity index (χ1v) is 7.26.